The number of rotatable bonds is 25. The molecule has 6 heterocycles. The maximum Gasteiger partial charge on any atom is 0.0930 e. The van der Waals surface area contributed by atoms with Crippen molar-refractivity contribution >= 4 is 68.8 Å². The van der Waals surface area contributed by atoms with Crippen molar-refractivity contribution in [3.05, 3.63) is 89.8 Å². The van der Waals surface area contributed by atoms with Gasteiger partial charge < -0.3 is 0 Å². The lowest BCUT2D eigenvalue weighted by molar-refractivity contribution is 0.266. The van der Waals surface area contributed by atoms with Gasteiger partial charge in [0, 0.05) is 34.7 Å². The molecule has 61 heavy (non-hydrogen) atoms. The van der Waals surface area contributed by atoms with Gasteiger partial charge >= 0.3 is 0 Å². The number of aryl methyl sites for hydroxylation is 2. The van der Waals surface area contributed by atoms with Gasteiger partial charge in [0.2, 0.25) is 0 Å². The van der Waals surface area contributed by atoms with E-state index in [0.29, 0.717) is 0 Å². The first-order valence-electron chi connectivity index (χ1n) is 24.1. The summed E-state index contributed by atoms with van der Waals surface area (Å²) in [7, 11) is 0. The van der Waals surface area contributed by atoms with Crippen LogP contribution in [0.3, 0.4) is 0 Å². The number of hydrogen-bond donors (Lipinski definition) is 0. The molecule has 2 atom stereocenters. The maximum atomic E-state index is 5.12. The Labute approximate surface area is 391 Å². The second-order valence-corrected chi connectivity index (χ2v) is 23.3. The number of thiophene rings is 4. The normalized spacial score (nSPS) is 18.9. The average Bonchev–Trinajstić information content (AvgIpc) is 4.14. The van der Waals surface area contributed by atoms with Crippen molar-refractivity contribution in [3.8, 4) is 19.5 Å². The fourth-order valence-corrected chi connectivity index (χ4v) is 16.8. The van der Waals surface area contributed by atoms with Crippen LogP contribution in [0.4, 0.5) is 0 Å². The molecule has 2 unspecified atom stereocenters. The number of unbranched alkanes of at least 4 members (excludes halogenated alkanes) is 8. The van der Waals surface area contributed by atoms with Crippen molar-refractivity contribution in [2.45, 2.75) is 187 Å². The van der Waals surface area contributed by atoms with E-state index in [1.807, 2.05) is 34.0 Å². The predicted molar refractivity (Wildman–Crippen MR) is 269 cm³/mol. The highest BCUT2D eigenvalue weighted by atomic mass is 32.1. The Balaban J connectivity index is 1.19. The fraction of sp³-hybridized carbons (Fsp3) is 0.608. The average molecular weight is 930 g/mol. The Morgan fingerprint density at radius 3 is 1.74 bits per heavy atom. The van der Waals surface area contributed by atoms with Crippen LogP contribution in [-0.2, 0) is 18.3 Å². The molecule has 8 rings (SSSR count). The van der Waals surface area contributed by atoms with Gasteiger partial charge in [-0.3, -0.25) is 0 Å². The second-order valence-electron chi connectivity index (χ2n) is 18.3. The van der Waals surface area contributed by atoms with E-state index in [1.165, 1.54) is 170 Å². The van der Waals surface area contributed by atoms with E-state index in [1.54, 1.807) is 20.9 Å². The molecule has 10 heteroatoms. The Bertz CT molecular complexity index is 2220. The molecule has 0 fully saturated rings. The van der Waals surface area contributed by atoms with E-state index in [0.717, 1.165) is 47.5 Å². The molecule has 0 saturated heterocycles. The summed E-state index contributed by atoms with van der Waals surface area (Å²) >= 11 is 10.7. The first-order chi connectivity index (χ1) is 30.0. The smallest absolute Gasteiger partial charge is 0.0930 e. The van der Waals surface area contributed by atoms with Crippen LogP contribution in [-0.4, -0.2) is 17.5 Å². The summed E-state index contributed by atoms with van der Waals surface area (Å²) in [5.41, 5.74) is 10.8. The van der Waals surface area contributed by atoms with Crippen molar-refractivity contribution in [1.29, 1.82) is 0 Å². The largest absolute Gasteiger partial charge is 0.177 e. The lowest BCUT2D eigenvalue weighted by Gasteiger charge is -2.37. The van der Waals surface area contributed by atoms with Gasteiger partial charge in [-0.2, -0.15) is 17.5 Å². The highest BCUT2D eigenvalue weighted by molar-refractivity contribution is 7.26. The van der Waals surface area contributed by atoms with Crippen molar-refractivity contribution < 1.29 is 0 Å². The summed E-state index contributed by atoms with van der Waals surface area (Å²) in [6.07, 6.45) is 25.5. The van der Waals surface area contributed by atoms with Crippen LogP contribution in [0.5, 0.6) is 0 Å². The molecule has 0 amide bonds. The minimum absolute atomic E-state index is 0.0167. The molecule has 2 aliphatic rings. The minimum atomic E-state index is -0.0251. The summed E-state index contributed by atoms with van der Waals surface area (Å²) < 4.78 is 20.4. The Hall–Kier alpha value is -2.08. The number of hydrogen-bond acceptors (Lipinski definition) is 10. The van der Waals surface area contributed by atoms with Crippen molar-refractivity contribution in [2.24, 2.45) is 11.8 Å². The fourth-order valence-electron chi connectivity index (χ4n) is 10.6. The SMILES string of the molecule is CCCCCCc1csc(C2c3nsnc3C(c3cc(CCCCCC)c(-c4cc5c(s4)-c4sccc4C5(CC(CC)CCCC)CC(CC)CCCC)s3)c3nsnc32)c1. The van der Waals surface area contributed by atoms with E-state index in [4.69, 9.17) is 17.5 Å². The van der Waals surface area contributed by atoms with Crippen LogP contribution in [0.15, 0.2) is 35.0 Å². The molecule has 0 saturated carbocycles. The Morgan fingerprint density at radius 1 is 0.557 bits per heavy atom. The molecule has 0 radical (unpaired) electrons. The maximum absolute atomic E-state index is 5.12. The summed E-state index contributed by atoms with van der Waals surface area (Å²) in [6.45, 7) is 14.3. The lowest BCUT2D eigenvalue weighted by atomic mass is 9.66. The predicted octanol–water partition coefficient (Wildman–Crippen LogP) is 17.7. The highest BCUT2D eigenvalue weighted by Gasteiger charge is 2.48. The van der Waals surface area contributed by atoms with Crippen LogP contribution in [0.25, 0.3) is 19.5 Å². The summed E-state index contributed by atoms with van der Waals surface area (Å²) in [5.74, 6) is 1.49. The van der Waals surface area contributed by atoms with Gasteiger partial charge in [0.05, 0.1) is 58.1 Å². The van der Waals surface area contributed by atoms with Gasteiger partial charge in [0.1, 0.15) is 0 Å². The first-order valence-corrected chi connectivity index (χ1v) is 28.9. The van der Waals surface area contributed by atoms with Crippen LogP contribution in [0.1, 0.15) is 224 Å². The van der Waals surface area contributed by atoms with Crippen molar-refractivity contribution in [1.82, 2.24) is 17.5 Å². The van der Waals surface area contributed by atoms with Crippen LogP contribution in [0, 0.1) is 11.8 Å². The molecule has 6 aromatic heterocycles. The Morgan fingerprint density at radius 2 is 1.15 bits per heavy atom. The Kier molecular flexibility index (Phi) is 15.9. The molecule has 4 nitrogen and oxygen atoms in total. The standard InChI is InChI=1S/C51H68N4S6/c1-7-13-17-19-23-35-27-39(57-32-35)42-44-46(54-60-52-44)43(47-45(42)53-61-55-47)40-28-36(24-20-18-14-8-2)48(58-40)41-29-38-50(59-41)49-37(25-26-56-49)51(38,30-33(11-5)21-15-9-3)31-34(12-6)22-16-10-4/h25-29,32-34,42-43H,7-24,30-31H2,1-6H3. The molecule has 0 N–H and O–H groups in total. The van der Waals surface area contributed by atoms with E-state index >= 15 is 0 Å². The molecule has 0 spiro atoms. The molecule has 0 bridgehead atoms. The molecule has 6 aromatic rings. The van der Waals surface area contributed by atoms with E-state index < -0.39 is 0 Å². The molecular weight excluding hydrogens is 861 g/mol. The summed E-state index contributed by atoms with van der Waals surface area (Å²) in [4.78, 5) is 8.79. The lowest BCUT2D eigenvalue weighted by Crippen LogP contribution is -2.31. The zero-order valence-corrected chi connectivity index (χ0v) is 42.6. The number of aromatic nitrogens is 4. The monoisotopic (exact) mass is 928 g/mol. The van der Waals surface area contributed by atoms with Gasteiger partial charge in [-0.05, 0) is 108 Å². The van der Waals surface area contributed by atoms with Crippen molar-refractivity contribution in [3.63, 3.8) is 0 Å². The van der Waals surface area contributed by atoms with E-state index in [9.17, 15) is 0 Å². The molecular formula is C51H68N4S6. The summed E-state index contributed by atoms with van der Waals surface area (Å²) in [6, 6.07) is 10.2. The third kappa shape index (κ3) is 9.38. The third-order valence-corrected chi connectivity index (χ3v) is 19.9. The summed E-state index contributed by atoms with van der Waals surface area (Å²) in [5, 5.41) is 4.78. The third-order valence-electron chi connectivity index (χ3n) is 14.1. The van der Waals surface area contributed by atoms with E-state index in [-0.39, 0.29) is 17.3 Å². The highest BCUT2D eigenvalue weighted by Crippen LogP contribution is 2.62. The van der Waals surface area contributed by atoms with Gasteiger partial charge in [-0.15, -0.1) is 45.3 Å². The molecule has 0 aliphatic heterocycles. The topological polar surface area (TPSA) is 51.6 Å². The molecule has 2 aliphatic carbocycles. The zero-order chi connectivity index (χ0) is 42.3. The van der Waals surface area contributed by atoms with Crippen molar-refractivity contribution in [2.75, 3.05) is 0 Å². The van der Waals surface area contributed by atoms with E-state index in [2.05, 4.69) is 87.9 Å². The first kappa shape index (κ1) is 45.5. The quantitative estimate of drug-likeness (QED) is 0.0536. The minimum Gasteiger partial charge on any atom is -0.177 e. The molecule has 0 aromatic carbocycles. The number of fused-ring (bicyclic) bond motifs is 5. The van der Waals surface area contributed by atoms with Crippen LogP contribution < -0.4 is 0 Å². The van der Waals surface area contributed by atoms with Crippen LogP contribution in [0.2, 0.25) is 0 Å². The van der Waals surface area contributed by atoms with Gasteiger partial charge in [0.25, 0.3) is 0 Å². The second kappa shape index (κ2) is 21.3. The number of nitrogens with zero attached hydrogens (tertiary/aromatic N) is 4. The zero-order valence-electron chi connectivity index (χ0n) is 37.7. The van der Waals surface area contributed by atoms with Gasteiger partial charge in [-0.1, -0.05) is 131 Å². The van der Waals surface area contributed by atoms with Gasteiger partial charge in [0.15, 0.2) is 0 Å². The molecule has 328 valence electrons. The van der Waals surface area contributed by atoms with Crippen LogP contribution >= 0.6 is 68.8 Å². The van der Waals surface area contributed by atoms with Gasteiger partial charge in [-0.25, -0.2) is 0 Å².